The summed E-state index contributed by atoms with van der Waals surface area (Å²) >= 11 is 0. The molecule has 1 aromatic rings. The van der Waals surface area contributed by atoms with E-state index in [4.69, 9.17) is 4.74 Å². The monoisotopic (exact) mass is 364 g/mol. The molecule has 2 saturated heterocycles. The molecule has 3 heterocycles. The number of tetrazole rings is 1. The molecular formula is C18H32N6O2. The van der Waals surface area contributed by atoms with Gasteiger partial charge >= 0.3 is 0 Å². The fourth-order valence-corrected chi connectivity index (χ4v) is 3.63. The summed E-state index contributed by atoms with van der Waals surface area (Å²) in [4.78, 5) is 16.7. The summed E-state index contributed by atoms with van der Waals surface area (Å²) in [6, 6.07) is 0. The zero-order chi connectivity index (χ0) is 18.4. The maximum absolute atomic E-state index is 12.5. The molecule has 8 heteroatoms. The van der Waals surface area contributed by atoms with Crippen LogP contribution in [0, 0.1) is 5.92 Å². The van der Waals surface area contributed by atoms with E-state index in [0.717, 1.165) is 50.7 Å². The van der Waals surface area contributed by atoms with Crippen LogP contribution in [0.3, 0.4) is 0 Å². The molecule has 2 fully saturated rings. The molecular weight excluding hydrogens is 332 g/mol. The van der Waals surface area contributed by atoms with Crippen LogP contribution in [0.15, 0.2) is 0 Å². The summed E-state index contributed by atoms with van der Waals surface area (Å²) in [5.41, 5.74) is 0. The number of piperidine rings is 1. The molecule has 1 unspecified atom stereocenters. The van der Waals surface area contributed by atoms with Gasteiger partial charge in [0.15, 0.2) is 5.82 Å². The van der Waals surface area contributed by atoms with Crippen molar-refractivity contribution >= 4 is 5.91 Å². The highest BCUT2D eigenvalue weighted by atomic mass is 16.5. The molecule has 1 aromatic heterocycles. The van der Waals surface area contributed by atoms with Crippen LogP contribution in [-0.2, 0) is 22.6 Å². The first-order chi connectivity index (χ1) is 12.6. The van der Waals surface area contributed by atoms with Gasteiger partial charge in [0.05, 0.1) is 12.6 Å². The smallest absolute Gasteiger partial charge is 0.244 e. The van der Waals surface area contributed by atoms with Gasteiger partial charge in [-0.1, -0.05) is 6.92 Å². The lowest BCUT2D eigenvalue weighted by molar-refractivity contribution is -0.131. The largest absolute Gasteiger partial charge is 0.378 e. The normalized spacial score (nSPS) is 22.5. The summed E-state index contributed by atoms with van der Waals surface area (Å²) in [7, 11) is 1.85. The molecule has 1 amide bonds. The lowest BCUT2D eigenvalue weighted by atomic mass is 9.99. The van der Waals surface area contributed by atoms with Crippen molar-refractivity contribution in [3.05, 3.63) is 5.82 Å². The second kappa shape index (κ2) is 9.41. The van der Waals surface area contributed by atoms with Gasteiger partial charge in [-0.3, -0.25) is 9.69 Å². The Morgan fingerprint density at radius 1 is 1.27 bits per heavy atom. The van der Waals surface area contributed by atoms with Crippen molar-refractivity contribution < 1.29 is 9.53 Å². The molecule has 0 aromatic carbocycles. The summed E-state index contributed by atoms with van der Waals surface area (Å²) in [5.74, 6) is 1.61. The Hall–Kier alpha value is -1.54. The zero-order valence-corrected chi connectivity index (χ0v) is 16.1. The maximum atomic E-state index is 12.5. The molecule has 0 bridgehead atoms. The molecule has 26 heavy (non-hydrogen) atoms. The van der Waals surface area contributed by atoms with E-state index < -0.39 is 0 Å². The Morgan fingerprint density at radius 2 is 2.08 bits per heavy atom. The number of likely N-dealkylation sites (tertiary alicyclic amines) is 1. The quantitative estimate of drug-likeness (QED) is 0.726. The molecule has 1 atom stereocenters. The Morgan fingerprint density at radius 3 is 2.81 bits per heavy atom. The van der Waals surface area contributed by atoms with Gasteiger partial charge in [-0.15, -0.1) is 5.10 Å². The topological polar surface area (TPSA) is 76.4 Å². The highest BCUT2D eigenvalue weighted by molar-refractivity contribution is 5.75. The van der Waals surface area contributed by atoms with Crippen LogP contribution in [0.25, 0.3) is 0 Å². The van der Waals surface area contributed by atoms with E-state index in [-0.39, 0.29) is 12.5 Å². The van der Waals surface area contributed by atoms with Gasteiger partial charge in [0.2, 0.25) is 5.91 Å². The van der Waals surface area contributed by atoms with Gasteiger partial charge in [-0.2, -0.15) is 0 Å². The number of nitrogens with zero attached hydrogens (tertiary/aromatic N) is 6. The van der Waals surface area contributed by atoms with E-state index >= 15 is 0 Å². The van der Waals surface area contributed by atoms with E-state index in [1.54, 1.807) is 9.58 Å². The van der Waals surface area contributed by atoms with Crippen LogP contribution < -0.4 is 0 Å². The van der Waals surface area contributed by atoms with Crippen LogP contribution in [0.4, 0.5) is 0 Å². The summed E-state index contributed by atoms with van der Waals surface area (Å²) in [6.07, 6.45) is 7.11. The van der Waals surface area contributed by atoms with Crippen molar-refractivity contribution in [2.24, 2.45) is 5.92 Å². The van der Waals surface area contributed by atoms with E-state index in [1.807, 2.05) is 7.05 Å². The van der Waals surface area contributed by atoms with Gasteiger partial charge in [0, 0.05) is 20.2 Å². The van der Waals surface area contributed by atoms with Crippen molar-refractivity contribution in [2.45, 2.75) is 64.6 Å². The van der Waals surface area contributed by atoms with E-state index in [2.05, 4.69) is 27.3 Å². The average Bonchev–Trinajstić information content (AvgIpc) is 3.09. The molecule has 0 saturated carbocycles. The van der Waals surface area contributed by atoms with Gasteiger partial charge in [-0.25, -0.2) is 4.68 Å². The molecule has 3 rings (SSSR count). The Balaban J connectivity index is 1.45. The summed E-state index contributed by atoms with van der Waals surface area (Å²) < 4.78 is 7.39. The Kier molecular flexibility index (Phi) is 6.96. The Labute approximate surface area is 155 Å². The number of ether oxygens (including phenoxy) is 1. The van der Waals surface area contributed by atoms with Gasteiger partial charge < -0.3 is 9.64 Å². The van der Waals surface area contributed by atoms with Crippen LogP contribution in [-0.4, -0.2) is 75.3 Å². The van der Waals surface area contributed by atoms with E-state index in [9.17, 15) is 4.79 Å². The first-order valence-electron chi connectivity index (χ1n) is 9.95. The molecule has 0 aliphatic carbocycles. The number of aromatic nitrogens is 4. The fourth-order valence-electron chi connectivity index (χ4n) is 3.63. The van der Waals surface area contributed by atoms with Gasteiger partial charge in [0.1, 0.15) is 6.54 Å². The molecule has 2 aliphatic heterocycles. The lowest BCUT2D eigenvalue weighted by Crippen LogP contribution is -2.36. The second-order valence-electron chi connectivity index (χ2n) is 7.80. The fraction of sp³-hybridized carbons (Fsp3) is 0.889. The zero-order valence-electron chi connectivity index (χ0n) is 16.1. The SMILES string of the molecule is CC1CCN(Cc2nnnn2CC(=O)N(C)CCC2CCCCO2)CC1. The van der Waals surface area contributed by atoms with Crippen molar-refractivity contribution in [1.29, 1.82) is 0 Å². The highest BCUT2D eigenvalue weighted by Crippen LogP contribution is 2.18. The molecule has 0 radical (unpaired) electrons. The number of hydrogen-bond donors (Lipinski definition) is 0. The summed E-state index contributed by atoms with van der Waals surface area (Å²) in [5, 5.41) is 11.9. The van der Waals surface area contributed by atoms with Crippen LogP contribution in [0.5, 0.6) is 0 Å². The van der Waals surface area contributed by atoms with Crippen LogP contribution in [0.2, 0.25) is 0 Å². The minimum atomic E-state index is 0.0432. The van der Waals surface area contributed by atoms with E-state index in [0.29, 0.717) is 19.2 Å². The molecule has 146 valence electrons. The first-order valence-corrected chi connectivity index (χ1v) is 9.95. The average molecular weight is 364 g/mol. The van der Waals surface area contributed by atoms with Gasteiger partial charge in [-0.05, 0) is 68.0 Å². The van der Waals surface area contributed by atoms with E-state index in [1.165, 1.54) is 19.3 Å². The third-order valence-corrected chi connectivity index (χ3v) is 5.62. The number of carbonyl (C=O) groups excluding carboxylic acids is 1. The summed E-state index contributed by atoms with van der Waals surface area (Å²) in [6.45, 7) is 6.93. The standard InChI is InChI=1S/C18H32N6O2/c1-15-6-10-23(11-7-15)13-17-19-20-21-24(17)14-18(25)22(2)9-8-16-5-3-4-12-26-16/h15-16H,3-14H2,1-2H3. The Bertz CT molecular complexity index is 564. The third-order valence-electron chi connectivity index (χ3n) is 5.62. The van der Waals surface area contributed by atoms with Crippen molar-refractivity contribution in [3.63, 3.8) is 0 Å². The third kappa shape index (κ3) is 5.48. The first kappa shape index (κ1) is 19.2. The second-order valence-corrected chi connectivity index (χ2v) is 7.80. The number of likely N-dealkylation sites (N-methyl/N-ethyl adjacent to an activating group) is 1. The van der Waals surface area contributed by atoms with Crippen molar-refractivity contribution in [1.82, 2.24) is 30.0 Å². The highest BCUT2D eigenvalue weighted by Gasteiger charge is 2.21. The molecule has 8 nitrogen and oxygen atoms in total. The number of hydrogen-bond acceptors (Lipinski definition) is 6. The van der Waals surface area contributed by atoms with Gasteiger partial charge in [0.25, 0.3) is 0 Å². The van der Waals surface area contributed by atoms with Crippen LogP contribution >= 0.6 is 0 Å². The van der Waals surface area contributed by atoms with Crippen molar-refractivity contribution in [3.8, 4) is 0 Å². The molecule has 0 spiro atoms. The predicted molar refractivity (Wildman–Crippen MR) is 97.3 cm³/mol. The van der Waals surface area contributed by atoms with Crippen LogP contribution in [0.1, 0.15) is 51.3 Å². The predicted octanol–water partition coefficient (Wildman–Crippen LogP) is 1.32. The minimum Gasteiger partial charge on any atom is -0.378 e. The maximum Gasteiger partial charge on any atom is 0.244 e. The number of carbonyl (C=O) groups is 1. The number of amides is 1. The molecule has 0 N–H and O–H groups in total. The minimum absolute atomic E-state index is 0.0432. The number of rotatable bonds is 7. The molecule has 2 aliphatic rings. The van der Waals surface area contributed by atoms with Crippen molar-refractivity contribution in [2.75, 3.05) is 33.3 Å². The lowest BCUT2D eigenvalue weighted by Gasteiger charge is -2.29.